The maximum absolute atomic E-state index is 12.3. The third kappa shape index (κ3) is 2.34. The zero-order valence-electron chi connectivity index (χ0n) is 15.3. The maximum Gasteiger partial charge on any atom is 0.333 e. The number of aryl methyl sites for hydroxylation is 1. The summed E-state index contributed by atoms with van der Waals surface area (Å²) < 4.78 is 11.4. The number of carbonyl (C=O) groups is 1. The Morgan fingerprint density at radius 2 is 2.12 bits per heavy atom. The van der Waals surface area contributed by atoms with E-state index in [1.165, 1.54) is 5.56 Å². The molecule has 1 heterocycles. The molecule has 1 saturated carbocycles. The summed E-state index contributed by atoms with van der Waals surface area (Å²) in [6.07, 6.45) is 5.81. The minimum Gasteiger partial charge on any atom is -0.469 e. The predicted molar refractivity (Wildman–Crippen MR) is 91.6 cm³/mol. The van der Waals surface area contributed by atoms with Gasteiger partial charge in [-0.3, -0.25) is 0 Å². The zero-order valence-corrected chi connectivity index (χ0v) is 15.3. The van der Waals surface area contributed by atoms with E-state index in [1.807, 2.05) is 6.92 Å². The molecule has 0 radical (unpaired) electrons. The number of hydrogen-bond donors (Lipinski definition) is 1. The lowest BCUT2D eigenvalue weighted by molar-refractivity contribution is -0.218. The van der Waals surface area contributed by atoms with Crippen LogP contribution in [0.2, 0.25) is 0 Å². The summed E-state index contributed by atoms with van der Waals surface area (Å²) in [6, 6.07) is 0. The van der Waals surface area contributed by atoms with Crippen molar-refractivity contribution in [2.24, 2.45) is 11.3 Å². The first-order chi connectivity index (χ1) is 11.2. The van der Waals surface area contributed by atoms with E-state index in [-0.39, 0.29) is 11.4 Å². The molecule has 0 aromatic carbocycles. The highest BCUT2D eigenvalue weighted by Crippen LogP contribution is 2.55. The van der Waals surface area contributed by atoms with Gasteiger partial charge in [0.15, 0.2) is 0 Å². The predicted octanol–water partition coefficient (Wildman–Crippen LogP) is 3.73. The van der Waals surface area contributed by atoms with Crippen molar-refractivity contribution >= 4 is 5.97 Å². The second kappa shape index (κ2) is 5.76. The van der Waals surface area contributed by atoms with Crippen molar-refractivity contribution < 1.29 is 19.1 Å². The van der Waals surface area contributed by atoms with Crippen LogP contribution in [-0.2, 0) is 22.4 Å². The molecule has 1 fully saturated rings. The second-order valence-corrected chi connectivity index (χ2v) is 7.86. The first kappa shape index (κ1) is 17.3. The summed E-state index contributed by atoms with van der Waals surface area (Å²) in [7, 11) is 0. The van der Waals surface area contributed by atoms with E-state index in [9.17, 15) is 9.90 Å². The van der Waals surface area contributed by atoms with E-state index in [2.05, 4.69) is 20.8 Å². The Kier molecular flexibility index (Phi) is 4.15. The lowest BCUT2D eigenvalue weighted by Crippen LogP contribution is -2.65. The highest BCUT2D eigenvalue weighted by atomic mass is 16.6. The normalized spacial score (nSPS) is 36.0. The smallest absolute Gasteiger partial charge is 0.333 e. The van der Waals surface area contributed by atoms with Gasteiger partial charge in [-0.25, -0.2) is 4.79 Å². The summed E-state index contributed by atoms with van der Waals surface area (Å²) in [4.78, 5) is 12.3. The Bertz CT molecular complexity index is 686. The highest BCUT2D eigenvalue weighted by molar-refractivity contribution is 5.87. The van der Waals surface area contributed by atoms with Crippen LogP contribution in [0.15, 0.2) is 22.3 Å². The second-order valence-electron chi connectivity index (χ2n) is 7.86. The number of allylic oxidation sites excluding steroid dienone is 1. The molecule has 4 heteroatoms. The molecule has 24 heavy (non-hydrogen) atoms. The Morgan fingerprint density at radius 1 is 1.42 bits per heavy atom. The van der Waals surface area contributed by atoms with Crippen LogP contribution in [0.1, 0.15) is 57.4 Å². The molecule has 0 spiro atoms. The molecule has 0 aliphatic heterocycles. The first-order valence-corrected chi connectivity index (χ1v) is 8.85. The van der Waals surface area contributed by atoms with Crippen LogP contribution >= 0.6 is 0 Å². The van der Waals surface area contributed by atoms with Gasteiger partial charge in [0.1, 0.15) is 17.5 Å². The number of ether oxygens (including phenoxy) is 1. The fraction of sp³-hybridized carbons (Fsp3) is 0.650. The van der Waals surface area contributed by atoms with Crippen LogP contribution in [0, 0.1) is 18.3 Å². The van der Waals surface area contributed by atoms with Gasteiger partial charge >= 0.3 is 5.97 Å². The van der Waals surface area contributed by atoms with Crippen LogP contribution in [0.3, 0.4) is 0 Å². The van der Waals surface area contributed by atoms with Gasteiger partial charge in [-0.05, 0) is 57.1 Å². The van der Waals surface area contributed by atoms with Gasteiger partial charge in [-0.15, -0.1) is 0 Å². The molecule has 132 valence electrons. The Labute approximate surface area is 143 Å². The Balaban J connectivity index is 1.99. The SMILES string of the molecule is CC=C(C)C(=O)OC1CCC(C)C2(C)Cc3c(C)coc3CC12O. The van der Waals surface area contributed by atoms with E-state index >= 15 is 0 Å². The molecule has 1 aromatic rings. The molecule has 0 saturated heterocycles. The number of fused-ring (bicyclic) bond motifs is 2. The summed E-state index contributed by atoms with van der Waals surface area (Å²) >= 11 is 0. The first-order valence-electron chi connectivity index (χ1n) is 8.85. The Morgan fingerprint density at radius 3 is 2.79 bits per heavy atom. The topological polar surface area (TPSA) is 59.7 Å². The quantitative estimate of drug-likeness (QED) is 0.662. The molecule has 1 aromatic heterocycles. The lowest BCUT2D eigenvalue weighted by atomic mass is 9.52. The molecule has 0 bridgehead atoms. The minimum atomic E-state index is -1.09. The van der Waals surface area contributed by atoms with Crippen LogP contribution in [0.25, 0.3) is 0 Å². The van der Waals surface area contributed by atoms with Crippen molar-refractivity contribution in [1.29, 1.82) is 0 Å². The fourth-order valence-corrected chi connectivity index (χ4v) is 4.41. The fourth-order valence-electron chi connectivity index (χ4n) is 4.41. The van der Waals surface area contributed by atoms with E-state index in [0.717, 1.165) is 24.2 Å². The summed E-state index contributed by atoms with van der Waals surface area (Å²) in [5, 5.41) is 11.7. The zero-order chi connectivity index (χ0) is 17.7. The molecule has 4 atom stereocenters. The van der Waals surface area contributed by atoms with Gasteiger partial charge in [-0.1, -0.05) is 19.9 Å². The van der Waals surface area contributed by atoms with Crippen molar-refractivity contribution in [3.8, 4) is 0 Å². The monoisotopic (exact) mass is 332 g/mol. The van der Waals surface area contributed by atoms with Crippen molar-refractivity contribution in [1.82, 2.24) is 0 Å². The molecule has 4 unspecified atom stereocenters. The maximum atomic E-state index is 12.3. The van der Waals surface area contributed by atoms with Gasteiger partial charge in [0.05, 0.1) is 6.26 Å². The van der Waals surface area contributed by atoms with Crippen molar-refractivity contribution in [2.45, 2.75) is 72.0 Å². The molecule has 4 nitrogen and oxygen atoms in total. The lowest BCUT2D eigenvalue weighted by Gasteiger charge is -2.57. The number of rotatable bonds is 2. The number of carbonyl (C=O) groups excluding carboxylic acids is 1. The standard InChI is InChI=1S/C20H28O4/c1-6-12(2)18(21)24-17-8-7-14(4)19(5)9-15-13(3)11-23-16(15)10-20(17,19)22/h6,11,14,17,22H,7-10H2,1-5H3. The van der Waals surface area contributed by atoms with E-state index in [0.29, 0.717) is 24.3 Å². The molecule has 0 amide bonds. The van der Waals surface area contributed by atoms with Gasteiger partial charge < -0.3 is 14.3 Å². The molecule has 2 aliphatic rings. The van der Waals surface area contributed by atoms with Crippen molar-refractivity contribution in [3.05, 3.63) is 34.8 Å². The summed E-state index contributed by atoms with van der Waals surface area (Å²) in [6.45, 7) is 9.94. The molecule has 3 rings (SSSR count). The van der Waals surface area contributed by atoms with E-state index in [1.54, 1.807) is 19.3 Å². The summed E-state index contributed by atoms with van der Waals surface area (Å²) in [5.41, 5.74) is 1.51. The molecular formula is C20H28O4. The average molecular weight is 332 g/mol. The molecule has 2 aliphatic carbocycles. The van der Waals surface area contributed by atoms with Crippen molar-refractivity contribution in [2.75, 3.05) is 0 Å². The highest BCUT2D eigenvalue weighted by Gasteiger charge is 2.61. The molecular weight excluding hydrogens is 304 g/mol. The third-order valence-corrected chi connectivity index (χ3v) is 6.64. The number of hydrogen-bond acceptors (Lipinski definition) is 4. The minimum absolute atomic E-state index is 0.332. The largest absolute Gasteiger partial charge is 0.469 e. The number of esters is 1. The van der Waals surface area contributed by atoms with Crippen molar-refractivity contribution in [3.63, 3.8) is 0 Å². The van der Waals surface area contributed by atoms with E-state index < -0.39 is 11.7 Å². The summed E-state index contributed by atoms with van der Waals surface area (Å²) in [5.74, 6) is 0.849. The van der Waals surface area contributed by atoms with Gasteiger partial charge in [0, 0.05) is 17.4 Å². The van der Waals surface area contributed by atoms with Crippen LogP contribution in [0.5, 0.6) is 0 Å². The number of furan rings is 1. The Hall–Kier alpha value is -1.55. The number of aliphatic hydroxyl groups is 1. The van der Waals surface area contributed by atoms with Gasteiger partial charge in [0.25, 0.3) is 0 Å². The van der Waals surface area contributed by atoms with Gasteiger partial charge in [0.2, 0.25) is 0 Å². The molecule has 1 N–H and O–H groups in total. The van der Waals surface area contributed by atoms with Gasteiger partial charge in [-0.2, -0.15) is 0 Å². The third-order valence-electron chi connectivity index (χ3n) is 6.64. The van der Waals surface area contributed by atoms with Crippen LogP contribution in [-0.4, -0.2) is 22.8 Å². The van der Waals surface area contributed by atoms with Crippen LogP contribution < -0.4 is 0 Å². The average Bonchev–Trinajstić information content (AvgIpc) is 2.89. The van der Waals surface area contributed by atoms with E-state index in [4.69, 9.17) is 9.15 Å². The van der Waals surface area contributed by atoms with Crippen LogP contribution in [0.4, 0.5) is 0 Å².